The van der Waals surface area contributed by atoms with Crippen molar-refractivity contribution in [3.8, 4) is 12.3 Å². The molecule has 0 saturated heterocycles. The molecule has 4 heteroatoms. The maximum absolute atomic E-state index is 12.2. The molecule has 0 amide bonds. The highest BCUT2D eigenvalue weighted by Crippen LogP contribution is 2.46. The van der Waals surface area contributed by atoms with Crippen LogP contribution >= 0.6 is 0 Å². The summed E-state index contributed by atoms with van der Waals surface area (Å²) in [5.41, 5.74) is -0.568. The van der Waals surface area contributed by atoms with Gasteiger partial charge in [0.15, 0.2) is 0 Å². The minimum atomic E-state index is -4.33. The third kappa shape index (κ3) is 1.70. The Kier molecular flexibility index (Phi) is 2.00. The molecule has 1 aromatic rings. The Balaban J connectivity index is 2.30. The van der Waals surface area contributed by atoms with Crippen LogP contribution in [0.3, 0.4) is 0 Å². The Labute approximate surface area is 85.3 Å². The Bertz CT molecular complexity index is 407. The SMILES string of the molecule is C#CC1(c2ccc(C(F)(F)F)cn2)CC1. The van der Waals surface area contributed by atoms with Gasteiger partial charge in [0.05, 0.1) is 16.7 Å². The van der Waals surface area contributed by atoms with Gasteiger partial charge in [-0.25, -0.2) is 0 Å². The third-order valence-electron chi connectivity index (χ3n) is 2.61. The summed E-state index contributed by atoms with van der Waals surface area (Å²) in [6, 6.07) is 2.40. The van der Waals surface area contributed by atoms with E-state index in [9.17, 15) is 13.2 Å². The lowest BCUT2D eigenvalue weighted by Gasteiger charge is -2.09. The van der Waals surface area contributed by atoms with Crippen molar-refractivity contribution in [1.29, 1.82) is 0 Å². The molecule has 1 fully saturated rings. The Morgan fingerprint density at radius 1 is 1.33 bits per heavy atom. The molecule has 1 heterocycles. The number of alkyl halides is 3. The van der Waals surface area contributed by atoms with Crippen LogP contribution in [-0.4, -0.2) is 4.98 Å². The number of hydrogen-bond donors (Lipinski definition) is 0. The van der Waals surface area contributed by atoms with Gasteiger partial charge in [-0.3, -0.25) is 4.98 Å². The van der Waals surface area contributed by atoms with Crippen LogP contribution < -0.4 is 0 Å². The molecule has 1 saturated carbocycles. The first-order valence-electron chi connectivity index (χ1n) is 4.49. The molecule has 2 rings (SSSR count). The first kappa shape index (κ1) is 10.0. The first-order chi connectivity index (χ1) is 6.98. The molecule has 0 unspecified atom stereocenters. The molecule has 0 N–H and O–H groups in total. The van der Waals surface area contributed by atoms with Crippen LogP contribution in [0.15, 0.2) is 18.3 Å². The number of nitrogens with zero attached hydrogens (tertiary/aromatic N) is 1. The van der Waals surface area contributed by atoms with Crippen molar-refractivity contribution < 1.29 is 13.2 Å². The van der Waals surface area contributed by atoms with E-state index in [0.717, 1.165) is 25.1 Å². The van der Waals surface area contributed by atoms with Crippen molar-refractivity contribution >= 4 is 0 Å². The summed E-state index contributed by atoms with van der Waals surface area (Å²) >= 11 is 0. The monoisotopic (exact) mass is 211 g/mol. The number of aromatic nitrogens is 1. The molecular weight excluding hydrogens is 203 g/mol. The van der Waals surface area contributed by atoms with Crippen molar-refractivity contribution in [2.75, 3.05) is 0 Å². The fraction of sp³-hybridized carbons (Fsp3) is 0.364. The Morgan fingerprint density at radius 2 is 2.00 bits per heavy atom. The van der Waals surface area contributed by atoms with E-state index >= 15 is 0 Å². The highest BCUT2D eigenvalue weighted by atomic mass is 19.4. The van der Waals surface area contributed by atoms with Gasteiger partial charge in [0.25, 0.3) is 0 Å². The summed E-state index contributed by atoms with van der Waals surface area (Å²) in [6.07, 6.45) is 3.43. The lowest BCUT2D eigenvalue weighted by Crippen LogP contribution is -2.09. The van der Waals surface area contributed by atoms with Gasteiger partial charge >= 0.3 is 6.18 Å². The third-order valence-corrected chi connectivity index (χ3v) is 2.61. The molecule has 0 aromatic carbocycles. The van der Waals surface area contributed by atoms with E-state index in [-0.39, 0.29) is 0 Å². The average molecular weight is 211 g/mol. The summed E-state index contributed by atoms with van der Waals surface area (Å²) < 4.78 is 36.7. The quantitative estimate of drug-likeness (QED) is 0.651. The van der Waals surface area contributed by atoms with Gasteiger partial charge in [0.1, 0.15) is 0 Å². The van der Waals surface area contributed by atoms with Crippen LogP contribution in [0, 0.1) is 12.3 Å². The molecular formula is C11H8F3N. The van der Waals surface area contributed by atoms with Gasteiger partial charge in [-0.1, -0.05) is 5.92 Å². The summed E-state index contributed by atoms with van der Waals surface area (Å²) in [6.45, 7) is 0. The van der Waals surface area contributed by atoms with Gasteiger partial charge in [-0.15, -0.1) is 6.42 Å². The standard InChI is InChI=1S/C11H8F3N/c1-2-10(5-6-10)9-4-3-8(7-15-9)11(12,13)14/h1,3-4,7H,5-6H2. The number of terminal acetylenes is 1. The highest BCUT2D eigenvalue weighted by Gasteiger charge is 2.44. The van der Waals surface area contributed by atoms with Gasteiger partial charge < -0.3 is 0 Å². The minimum Gasteiger partial charge on any atom is -0.259 e. The van der Waals surface area contributed by atoms with Crippen LogP contribution in [0.1, 0.15) is 24.1 Å². The van der Waals surface area contributed by atoms with E-state index < -0.39 is 17.2 Å². The Hall–Kier alpha value is -1.50. The maximum Gasteiger partial charge on any atom is 0.417 e. The van der Waals surface area contributed by atoms with Gasteiger partial charge in [-0.2, -0.15) is 13.2 Å². The van der Waals surface area contributed by atoms with Crippen molar-refractivity contribution in [3.63, 3.8) is 0 Å². The molecule has 0 bridgehead atoms. The number of pyridine rings is 1. The summed E-state index contributed by atoms with van der Waals surface area (Å²) in [5, 5.41) is 0. The summed E-state index contributed by atoms with van der Waals surface area (Å²) in [4.78, 5) is 3.79. The summed E-state index contributed by atoms with van der Waals surface area (Å²) in [5.74, 6) is 2.58. The van der Waals surface area contributed by atoms with Crippen LogP contribution in [0.25, 0.3) is 0 Å². The van der Waals surface area contributed by atoms with Gasteiger partial charge in [-0.05, 0) is 25.0 Å². The van der Waals surface area contributed by atoms with E-state index in [1.165, 1.54) is 6.07 Å². The van der Waals surface area contributed by atoms with Crippen LogP contribution in [0.2, 0.25) is 0 Å². The molecule has 1 nitrogen and oxygen atoms in total. The van der Waals surface area contributed by atoms with Crippen molar-refractivity contribution in [2.45, 2.75) is 24.4 Å². The Morgan fingerprint density at radius 3 is 2.33 bits per heavy atom. The van der Waals surface area contributed by atoms with Gasteiger partial charge in [0, 0.05) is 6.20 Å². The van der Waals surface area contributed by atoms with E-state index in [0.29, 0.717) is 5.69 Å². The molecule has 15 heavy (non-hydrogen) atoms. The fourth-order valence-electron chi connectivity index (χ4n) is 1.44. The molecule has 0 atom stereocenters. The summed E-state index contributed by atoms with van der Waals surface area (Å²) in [7, 11) is 0. The normalized spacial score (nSPS) is 18.3. The predicted molar refractivity (Wildman–Crippen MR) is 49.0 cm³/mol. The van der Waals surface area contributed by atoms with E-state index in [1.54, 1.807) is 0 Å². The largest absolute Gasteiger partial charge is 0.417 e. The smallest absolute Gasteiger partial charge is 0.259 e. The topological polar surface area (TPSA) is 12.9 Å². The predicted octanol–water partition coefficient (Wildman–Crippen LogP) is 2.77. The molecule has 78 valence electrons. The van der Waals surface area contributed by atoms with E-state index in [4.69, 9.17) is 6.42 Å². The number of hydrogen-bond acceptors (Lipinski definition) is 1. The van der Waals surface area contributed by atoms with Crippen LogP contribution in [-0.2, 0) is 11.6 Å². The second kappa shape index (κ2) is 2.99. The van der Waals surface area contributed by atoms with Crippen LogP contribution in [0.5, 0.6) is 0 Å². The second-order valence-corrected chi connectivity index (χ2v) is 3.66. The molecule has 1 aliphatic carbocycles. The zero-order valence-corrected chi connectivity index (χ0v) is 7.80. The second-order valence-electron chi connectivity index (χ2n) is 3.66. The molecule has 1 aromatic heterocycles. The van der Waals surface area contributed by atoms with E-state index in [1.807, 2.05) is 0 Å². The number of rotatable bonds is 1. The van der Waals surface area contributed by atoms with Gasteiger partial charge in [0.2, 0.25) is 0 Å². The lowest BCUT2D eigenvalue weighted by molar-refractivity contribution is -0.137. The first-order valence-corrected chi connectivity index (χ1v) is 4.49. The minimum absolute atomic E-state index is 0.399. The van der Waals surface area contributed by atoms with Crippen molar-refractivity contribution in [3.05, 3.63) is 29.6 Å². The molecule has 1 aliphatic rings. The zero-order chi connectivity index (χ0) is 11.1. The lowest BCUT2D eigenvalue weighted by atomic mass is 10.0. The fourth-order valence-corrected chi connectivity index (χ4v) is 1.44. The maximum atomic E-state index is 12.2. The van der Waals surface area contributed by atoms with Crippen molar-refractivity contribution in [1.82, 2.24) is 4.98 Å². The van der Waals surface area contributed by atoms with Crippen molar-refractivity contribution in [2.24, 2.45) is 0 Å². The highest BCUT2D eigenvalue weighted by molar-refractivity contribution is 5.37. The number of halogens is 3. The molecule has 0 radical (unpaired) electrons. The molecule has 0 aliphatic heterocycles. The van der Waals surface area contributed by atoms with E-state index in [2.05, 4.69) is 10.9 Å². The van der Waals surface area contributed by atoms with Crippen LogP contribution in [0.4, 0.5) is 13.2 Å². The average Bonchev–Trinajstić information content (AvgIpc) is 2.97. The molecule has 0 spiro atoms. The zero-order valence-electron chi connectivity index (χ0n) is 7.80.